The van der Waals surface area contributed by atoms with Gasteiger partial charge in [-0.3, -0.25) is 10.1 Å². The highest BCUT2D eigenvalue weighted by atomic mass is 16.1. The van der Waals surface area contributed by atoms with Crippen molar-refractivity contribution >= 4 is 17.3 Å². The molecule has 0 unspecified atom stereocenters. The Kier molecular flexibility index (Phi) is 4.06. The summed E-state index contributed by atoms with van der Waals surface area (Å²) < 4.78 is 0. The van der Waals surface area contributed by atoms with E-state index in [0.29, 0.717) is 11.4 Å². The number of rotatable bonds is 4. The molecule has 2 N–H and O–H groups in total. The zero-order valence-electron chi connectivity index (χ0n) is 12.2. The monoisotopic (exact) mass is 291 g/mol. The van der Waals surface area contributed by atoms with Gasteiger partial charge in [0.2, 0.25) is 5.91 Å². The van der Waals surface area contributed by atoms with E-state index in [-0.39, 0.29) is 11.8 Å². The smallest absolute Gasteiger partial charge is 0.227 e. The van der Waals surface area contributed by atoms with Gasteiger partial charge in [-0.25, -0.2) is 0 Å². The summed E-state index contributed by atoms with van der Waals surface area (Å²) in [6.45, 7) is 0. The standard InChI is InChI=1S/C18H17N3O/c19-12-20-17-15(13-6-2-1-3-7-13)10-5-11-16(17)21-18(22)14-8-4-9-14/h1-3,5-7,10-11,14,20H,4,8-9H2,(H,21,22). The van der Waals surface area contributed by atoms with Gasteiger partial charge in [0, 0.05) is 11.5 Å². The minimum Gasteiger partial charge on any atom is -0.324 e. The Bertz CT molecular complexity index is 715. The number of carbonyl (C=O) groups excluding carboxylic acids is 1. The van der Waals surface area contributed by atoms with Crippen LogP contribution in [0.25, 0.3) is 11.1 Å². The Balaban J connectivity index is 1.96. The third kappa shape index (κ3) is 2.79. The third-order valence-corrected chi connectivity index (χ3v) is 4.06. The number of nitriles is 1. The normalized spacial score (nSPS) is 13.8. The van der Waals surface area contributed by atoms with Crippen LogP contribution in [0.2, 0.25) is 0 Å². The molecule has 0 spiro atoms. The zero-order chi connectivity index (χ0) is 15.4. The van der Waals surface area contributed by atoms with E-state index in [1.54, 1.807) is 0 Å². The molecule has 2 aromatic carbocycles. The number of hydrogen-bond acceptors (Lipinski definition) is 3. The van der Waals surface area contributed by atoms with Crippen LogP contribution in [0.15, 0.2) is 48.5 Å². The van der Waals surface area contributed by atoms with Crippen LogP contribution in [0.1, 0.15) is 19.3 Å². The summed E-state index contributed by atoms with van der Waals surface area (Å²) in [5.41, 5.74) is 3.19. The van der Waals surface area contributed by atoms with E-state index in [9.17, 15) is 4.79 Å². The molecule has 1 saturated carbocycles. The van der Waals surface area contributed by atoms with Crippen molar-refractivity contribution in [1.82, 2.24) is 0 Å². The molecule has 4 heteroatoms. The molecule has 3 rings (SSSR count). The predicted octanol–water partition coefficient (Wildman–Crippen LogP) is 3.99. The second-order valence-corrected chi connectivity index (χ2v) is 5.45. The molecule has 0 aliphatic heterocycles. The molecular weight excluding hydrogens is 274 g/mol. The van der Waals surface area contributed by atoms with Crippen molar-refractivity contribution in [3.63, 3.8) is 0 Å². The van der Waals surface area contributed by atoms with Crippen molar-refractivity contribution in [3.05, 3.63) is 48.5 Å². The molecule has 0 aromatic heterocycles. The maximum absolute atomic E-state index is 12.2. The van der Waals surface area contributed by atoms with Gasteiger partial charge in [-0.1, -0.05) is 48.9 Å². The topological polar surface area (TPSA) is 64.9 Å². The van der Waals surface area contributed by atoms with Crippen molar-refractivity contribution in [2.75, 3.05) is 10.6 Å². The molecule has 1 aliphatic rings. The van der Waals surface area contributed by atoms with Crippen LogP contribution in [0.4, 0.5) is 11.4 Å². The average molecular weight is 291 g/mol. The van der Waals surface area contributed by atoms with Crippen LogP contribution < -0.4 is 10.6 Å². The summed E-state index contributed by atoms with van der Waals surface area (Å²) in [7, 11) is 0. The maximum Gasteiger partial charge on any atom is 0.227 e. The van der Waals surface area contributed by atoms with E-state index in [1.807, 2.05) is 54.7 Å². The van der Waals surface area contributed by atoms with Gasteiger partial charge in [-0.05, 0) is 24.5 Å². The number of para-hydroxylation sites is 1. The van der Waals surface area contributed by atoms with Gasteiger partial charge in [0.25, 0.3) is 0 Å². The lowest BCUT2D eigenvalue weighted by molar-refractivity contribution is -0.122. The lowest BCUT2D eigenvalue weighted by Gasteiger charge is -2.25. The summed E-state index contributed by atoms with van der Waals surface area (Å²) in [5, 5.41) is 14.7. The molecule has 110 valence electrons. The number of carbonyl (C=O) groups is 1. The zero-order valence-corrected chi connectivity index (χ0v) is 12.2. The minimum atomic E-state index is 0.0393. The fourth-order valence-electron chi connectivity index (χ4n) is 2.61. The summed E-state index contributed by atoms with van der Waals surface area (Å²) in [6, 6.07) is 15.5. The first kappa shape index (κ1) is 14.2. The van der Waals surface area contributed by atoms with Crippen LogP contribution in [0.5, 0.6) is 0 Å². The summed E-state index contributed by atoms with van der Waals surface area (Å²) in [4.78, 5) is 12.2. The van der Waals surface area contributed by atoms with Crippen LogP contribution in [0, 0.1) is 17.4 Å². The fourth-order valence-corrected chi connectivity index (χ4v) is 2.61. The van der Waals surface area contributed by atoms with Crippen molar-refractivity contribution < 1.29 is 4.79 Å². The van der Waals surface area contributed by atoms with E-state index < -0.39 is 0 Å². The maximum atomic E-state index is 12.2. The molecular formula is C18H17N3O. The van der Waals surface area contributed by atoms with Crippen molar-refractivity contribution in [2.24, 2.45) is 5.92 Å². The molecule has 2 aromatic rings. The van der Waals surface area contributed by atoms with Gasteiger partial charge in [0.1, 0.15) is 0 Å². The number of benzene rings is 2. The SMILES string of the molecule is N#CNc1c(NC(=O)C2CCC2)cccc1-c1ccccc1. The second kappa shape index (κ2) is 6.31. The van der Waals surface area contributed by atoms with Crippen molar-refractivity contribution in [1.29, 1.82) is 5.26 Å². The largest absolute Gasteiger partial charge is 0.324 e. The predicted molar refractivity (Wildman–Crippen MR) is 87.1 cm³/mol. The number of amides is 1. The molecule has 0 saturated heterocycles. The quantitative estimate of drug-likeness (QED) is 0.661. The highest BCUT2D eigenvalue weighted by Crippen LogP contribution is 2.35. The Morgan fingerprint density at radius 2 is 1.86 bits per heavy atom. The Morgan fingerprint density at radius 3 is 2.50 bits per heavy atom. The van der Waals surface area contributed by atoms with Crippen LogP contribution in [-0.2, 0) is 4.79 Å². The van der Waals surface area contributed by atoms with Crippen LogP contribution in [-0.4, -0.2) is 5.91 Å². The number of nitrogens with one attached hydrogen (secondary N) is 2. The van der Waals surface area contributed by atoms with Gasteiger partial charge in [-0.2, -0.15) is 5.26 Å². The van der Waals surface area contributed by atoms with E-state index in [4.69, 9.17) is 5.26 Å². The van der Waals surface area contributed by atoms with Gasteiger partial charge >= 0.3 is 0 Å². The highest BCUT2D eigenvalue weighted by molar-refractivity contribution is 5.99. The molecule has 0 atom stereocenters. The van der Waals surface area contributed by atoms with Crippen LogP contribution >= 0.6 is 0 Å². The Morgan fingerprint density at radius 1 is 1.09 bits per heavy atom. The van der Waals surface area contributed by atoms with E-state index in [0.717, 1.165) is 30.4 Å². The molecule has 22 heavy (non-hydrogen) atoms. The Labute approximate surface area is 129 Å². The molecule has 4 nitrogen and oxygen atoms in total. The lowest BCUT2D eigenvalue weighted by atomic mass is 9.85. The van der Waals surface area contributed by atoms with Gasteiger partial charge in [-0.15, -0.1) is 0 Å². The molecule has 1 aliphatic carbocycles. The van der Waals surface area contributed by atoms with Crippen molar-refractivity contribution in [2.45, 2.75) is 19.3 Å². The lowest BCUT2D eigenvalue weighted by Crippen LogP contribution is -2.28. The highest BCUT2D eigenvalue weighted by Gasteiger charge is 2.26. The first-order chi connectivity index (χ1) is 10.8. The van der Waals surface area contributed by atoms with E-state index >= 15 is 0 Å². The summed E-state index contributed by atoms with van der Waals surface area (Å²) in [6.07, 6.45) is 4.98. The van der Waals surface area contributed by atoms with Gasteiger partial charge in [0.05, 0.1) is 11.4 Å². The second-order valence-electron chi connectivity index (χ2n) is 5.45. The Hall–Kier alpha value is -2.80. The molecule has 0 bridgehead atoms. The molecule has 1 fully saturated rings. The number of nitrogens with zero attached hydrogens (tertiary/aromatic N) is 1. The molecule has 0 heterocycles. The molecule has 1 amide bonds. The van der Waals surface area contributed by atoms with Crippen molar-refractivity contribution in [3.8, 4) is 17.3 Å². The number of hydrogen-bond donors (Lipinski definition) is 2. The minimum absolute atomic E-state index is 0.0393. The first-order valence-electron chi connectivity index (χ1n) is 7.44. The van der Waals surface area contributed by atoms with Gasteiger partial charge < -0.3 is 5.32 Å². The third-order valence-electron chi connectivity index (χ3n) is 4.06. The fraction of sp³-hybridized carbons (Fsp3) is 0.222. The van der Waals surface area contributed by atoms with E-state index in [2.05, 4.69) is 10.6 Å². The van der Waals surface area contributed by atoms with Crippen LogP contribution in [0.3, 0.4) is 0 Å². The average Bonchev–Trinajstić information content (AvgIpc) is 2.48. The number of anilines is 2. The van der Waals surface area contributed by atoms with E-state index in [1.165, 1.54) is 0 Å². The van der Waals surface area contributed by atoms with Gasteiger partial charge in [0.15, 0.2) is 6.19 Å². The summed E-state index contributed by atoms with van der Waals surface area (Å²) in [5.74, 6) is 0.146. The summed E-state index contributed by atoms with van der Waals surface area (Å²) >= 11 is 0. The first-order valence-corrected chi connectivity index (χ1v) is 7.44. The molecule has 0 radical (unpaired) electrons.